The maximum atomic E-state index is 5.51. The SMILES string of the molecule is C=C=Nc1cccnc1SCl. The fourth-order valence-corrected chi connectivity index (χ4v) is 1.26. The number of hydrogen-bond acceptors (Lipinski definition) is 3. The molecule has 56 valence electrons. The largest absolute Gasteiger partial charge is 0.246 e. The van der Waals surface area contributed by atoms with Gasteiger partial charge in [0.2, 0.25) is 0 Å². The van der Waals surface area contributed by atoms with E-state index in [0.29, 0.717) is 10.7 Å². The summed E-state index contributed by atoms with van der Waals surface area (Å²) in [6.45, 7) is 3.36. The first-order chi connectivity index (χ1) is 5.38. The van der Waals surface area contributed by atoms with Gasteiger partial charge in [0.25, 0.3) is 0 Å². The quantitative estimate of drug-likeness (QED) is 0.661. The Hall–Kier alpha value is -0.760. The lowest BCUT2D eigenvalue weighted by atomic mass is 10.4. The Bertz CT molecular complexity index is 294. The minimum atomic E-state index is 0.672. The van der Waals surface area contributed by atoms with Crippen molar-refractivity contribution in [3.8, 4) is 0 Å². The van der Waals surface area contributed by atoms with Gasteiger partial charge in [0.05, 0.1) is 0 Å². The third-order valence-electron chi connectivity index (χ3n) is 1.02. The summed E-state index contributed by atoms with van der Waals surface area (Å²) in [6, 6.07) is 3.59. The van der Waals surface area contributed by atoms with Gasteiger partial charge in [0, 0.05) is 17.2 Å². The van der Waals surface area contributed by atoms with Crippen molar-refractivity contribution in [2.24, 2.45) is 4.99 Å². The van der Waals surface area contributed by atoms with Gasteiger partial charge < -0.3 is 0 Å². The first kappa shape index (κ1) is 8.34. The van der Waals surface area contributed by atoms with E-state index in [1.807, 2.05) is 0 Å². The van der Waals surface area contributed by atoms with E-state index in [0.717, 1.165) is 11.0 Å². The zero-order valence-electron chi connectivity index (χ0n) is 5.62. The Balaban J connectivity index is 3.11. The molecule has 2 nitrogen and oxygen atoms in total. The van der Waals surface area contributed by atoms with Gasteiger partial charge in [0.15, 0.2) is 0 Å². The average Bonchev–Trinajstić information content (AvgIpc) is 2.06. The number of nitrogens with zero attached hydrogens (tertiary/aromatic N) is 2. The van der Waals surface area contributed by atoms with Crippen LogP contribution in [0.3, 0.4) is 0 Å². The van der Waals surface area contributed by atoms with Gasteiger partial charge >= 0.3 is 0 Å². The van der Waals surface area contributed by atoms with Crippen molar-refractivity contribution in [2.45, 2.75) is 5.03 Å². The molecule has 11 heavy (non-hydrogen) atoms. The topological polar surface area (TPSA) is 25.2 Å². The molecule has 0 saturated carbocycles. The summed E-state index contributed by atoms with van der Waals surface area (Å²) in [5, 5.41) is 0.672. The normalized spacial score (nSPS) is 8.82. The van der Waals surface area contributed by atoms with Gasteiger partial charge in [-0.05, 0) is 35.3 Å². The number of pyridine rings is 1. The van der Waals surface area contributed by atoms with E-state index >= 15 is 0 Å². The summed E-state index contributed by atoms with van der Waals surface area (Å²) in [4.78, 5) is 7.83. The van der Waals surface area contributed by atoms with Crippen LogP contribution in [0.1, 0.15) is 0 Å². The smallest absolute Gasteiger partial charge is 0.138 e. The second kappa shape index (κ2) is 4.19. The van der Waals surface area contributed by atoms with Crippen LogP contribution < -0.4 is 0 Å². The van der Waals surface area contributed by atoms with Crippen molar-refractivity contribution in [3.05, 3.63) is 24.9 Å². The van der Waals surface area contributed by atoms with Gasteiger partial charge in [0.1, 0.15) is 10.7 Å². The summed E-state index contributed by atoms with van der Waals surface area (Å²) < 4.78 is 0. The lowest BCUT2D eigenvalue weighted by Gasteiger charge is -1.94. The van der Waals surface area contributed by atoms with Gasteiger partial charge in [-0.3, -0.25) is 0 Å². The predicted octanol–water partition coefficient (Wildman–Crippen LogP) is 2.81. The molecule has 0 aliphatic carbocycles. The molecule has 0 aliphatic heterocycles. The van der Waals surface area contributed by atoms with Crippen LogP contribution in [0.15, 0.2) is 34.9 Å². The molecule has 0 radical (unpaired) electrons. The molecular weight excluding hydrogens is 180 g/mol. The third-order valence-corrected chi connectivity index (χ3v) is 1.92. The fourth-order valence-electron chi connectivity index (χ4n) is 0.612. The number of hydrogen-bond donors (Lipinski definition) is 0. The summed E-state index contributed by atoms with van der Waals surface area (Å²) in [5.41, 5.74) is 0.697. The molecule has 0 N–H and O–H groups in total. The second-order valence-electron chi connectivity index (χ2n) is 1.67. The molecule has 0 aromatic carbocycles. The van der Waals surface area contributed by atoms with Crippen LogP contribution in [0.4, 0.5) is 5.69 Å². The molecule has 0 amide bonds. The van der Waals surface area contributed by atoms with Crippen LogP contribution >= 0.6 is 21.7 Å². The second-order valence-corrected chi connectivity index (χ2v) is 2.68. The molecule has 0 unspecified atom stereocenters. The van der Waals surface area contributed by atoms with Crippen molar-refractivity contribution in [1.82, 2.24) is 4.98 Å². The molecule has 0 fully saturated rings. The number of aliphatic imine (C=N–C) groups is 1. The molecule has 0 bridgehead atoms. The van der Waals surface area contributed by atoms with E-state index in [4.69, 9.17) is 10.7 Å². The lowest BCUT2D eigenvalue weighted by Crippen LogP contribution is -1.75. The zero-order valence-corrected chi connectivity index (χ0v) is 7.19. The Morgan fingerprint density at radius 2 is 2.55 bits per heavy atom. The molecule has 0 aliphatic rings. The first-order valence-corrected chi connectivity index (χ1v) is 4.49. The van der Waals surface area contributed by atoms with Gasteiger partial charge in [-0.25, -0.2) is 9.98 Å². The summed E-state index contributed by atoms with van der Waals surface area (Å²) in [5.74, 6) is 2.42. The summed E-state index contributed by atoms with van der Waals surface area (Å²) in [6.07, 6.45) is 1.66. The highest BCUT2D eigenvalue weighted by atomic mass is 35.7. The molecular formula is C7H5ClN2S. The van der Waals surface area contributed by atoms with Crippen molar-refractivity contribution in [1.29, 1.82) is 0 Å². The predicted molar refractivity (Wildman–Crippen MR) is 48.7 cm³/mol. The van der Waals surface area contributed by atoms with E-state index in [1.54, 1.807) is 18.3 Å². The van der Waals surface area contributed by atoms with Gasteiger partial charge in [-0.2, -0.15) is 0 Å². The molecule has 1 rings (SSSR count). The Kier molecular flexibility index (Phi) is 3.17. The van der Waals surface area contributed by atoms with E-state index in [-0.39, 0.29) is 0 Å². The van der Waals surface area contributed by atoms with E-state index in [2.05, 4.69) is 22.4 Å². The van der Waals surface area contributed by atoms with Crippen LogP contribution in [0.25, 0.3) is 0 Å². The highest BCUT2D eigenvalue weighted by Gasteiger charge is 1.98. The van der Waals surface area contributed by atoms with Crippen molar-refractivity contribution in [3.63, 3.8) is 0 Å². The van der Waals surface area contributed by atoms with Crippen LogP contribution in [0.2, 0.25) is 0 Å². The molecule has 0 saturated heterocycles. The maximum absolute atomic E-state index is 5.51. The van der Waals surface area contributed by atoms with Crippen LogP contribution in [-0.4, -0.2) is 10.9 Å². The monoisotopic (exact) mass is 184 g/mol. The summed E-state index contributed by atoms with van der Waals surface area (Å²) >= 11 is 0. The maximum Gasteiger partial charge on any atom is 0.138 e. The van der Waals surface area contributed by atoms with Crippen LogP contribution in [0.5, 0.6) is 0 Å². The zero-order chi connectivity index (χ0) is 8.10. The van der Waals surface area contributed by atoms with E-state index in [9.17, 15) is 0 Å². The highest BCUT2D eigenvalue weighted by Crippen LogP contribution is 2.28. The third kappa shape index (κ3) is 2.09. The van der Waals surface area contributed by atoms with Crippen molar-refractivity contribution < 1.29 is 0 Å². The van der Waals surface area contributed by atoms with E-state index in [1.165, 1.54) is 0 Å². The minimum absolute atomic E-state index is 0.672. The minimum Gasteiger partial charge on any atom is -0.246 e. The van der Waals surface area contributed by atoms with Crippen LogP contribution in [-0.2, 0) is 0 Å². The Morgan fingerprint density at radius 1 is 1.73 bits per heavy atom. The number of halogens is 1. The molecule has 1 heterocycles. The van der Waals surface area contributed by atoms with Gasteiger partial charge in [-0.15, -0.1) is 0 Å². The van der Waals surface area contributed by atoms with Crippen molar-refractivity contribution >= 4 is 33.2 Å². The lowest BCUT2D eigenvalue weighted by molar-refractivity contribution is 1.13. The molecule has 1 aromatic heterocycles. The molecule has 1 aromatic rings. The standard InChI is InChI=1S/C7H5ClN2S/c1-2-9-6-4-3-5-10-7(6)11-8/h3-5H,1H2. The van der Waals surface area contributed by atoms with Gasteiger partial charge in [-0.1, -0.05) is 0 Å². The average molecular weight is 185 g/mol. The van der Waals surface area contributed by atoms with Crippen molar-refractivity contribution in [2.75, 3.05) is 0 Å². The highest BCUT2D eigenvalue weighted by molar-refractivity contribution is 8.21. The number of aromatic nitrogens is 1. The Labute approximate surface area is 73.5 Å². The molecule has 0 atom stereocenters. The number of rotatable bonds is 2. The van der Waals surface area contributed by atoms with E-state index < -0.39 is 0 Å². The molecule has 0 spiro atoms. The summed E-state index contributed by atoms with van der Waals surface area (Å²) in [7, 11) is 6.55. The van der Waals surface area contributed by atoms with Crippen LogP contribution in [0, 0.1) is 0 Å². The molecule has 4 heteroatoms. The Morgan fingerprint density at radius 3 is 3.18 bits per heavy atom. The first-order valence-electron chi connectivity index (χ1n) is 2.85. The fraction of sp³-hybridized carbons (Fsp3) is 0.